The van der Waals surface area contributed by atoms with Crippen LogP contribution in [0.2, 0.25) is 0 Å². The first kappa shape index (κ1) is 24.0. The monoisotopic (exact) mass is 470 g/mol. The van der Waals surface area contributed by atoms with Crippen molar-refractivity contribution in [2.75, 3.05) is 17.2 Å². The minimum absolute atomic E-state index is 0.0161. The van der Waals surface area contributed by atoms with Gasteiger partial charge in [-0.2, -0.15) is 0 Å². The lowest BCUT2D eigenvalue weighted by Gasteiger charge is -2.25. The highest BCUT2D eigenvalue weighted by molar-refractivity contribution is 5.99. The maximum Gasteiger partial charge on any atom is 0.330 e. The van der Waals surface area contributed by atoms with Gasteiger partial charge >= 0.3 is 5.69 Å². The Bertz CT molecular complexity index is 1450. The van der Waals surface area contributed by atoms with Crippen LogP contribution in [0, 0.1) is 5.92 Å². The zero-order valence-electron chi connectivity index (χ0n) is 20.0. The molecule has 0 unspecified atom stereocenters. The number of hydrogen-bond acceptors (Lipinski definition) is 4. The molecule has 3 aromatic carbocycles. The highest BCUT2D eigenvalue weighted by Gasteiger charge is 2.25. The number of nitrogens with one attached hydrogen (secondary N) is 1. The molecular formula is C28H30N4O3. The van der Waals surface area contributed by atoms with E-state index in [2.05, 4.69) is 18.8 Å². The average molecular weight is 471 g/mol. The van der Waals surface area contributed by atoms with E-state index in [0.29, 0.717) is 18.9 Å². The van der Waals surface area contributed by atoms with Crippen molar-refractivity contribution in [2.24, 2.45) is 5.92 Å². The van der Waals surface area contributed by atoms with E-state index in [1.165, 1.54) is 9.47 Å². The number of hydrogen-bond donors (Lipinski definition) is 2. The van der Waals surface area contributed by atoms with Gasteiger partial charge in [0, 0.05) is 6.54 Å². The number of H-pyrrole nitrogens is 1. The van der Waals surface area contributed by atoms with Gasteiger partial charge < -0.3 is 10.6 Å². The van der Waals surface area contributed by atoms with E-state index < -0.39 is 11.2 Å². The molecule has 180 valence electrons. The lowest BCUT2D eigenvalue weighted by molar-refractivity contribution is -0.118. The molecule has 0 spiro atoms. The molecule has 0 fully saturated rings. The van der Waals surface area contributed by atoms with Crippen LogP contribution in [0.15, 0.2) is 82.4 Å². The molecule has 0 saturated carbocycles. The van der Waals surface area contributed by atoms with E-state index in [9.17, 15) is 14.4 Å². The van der Waals surface area contributed by atoms with Gasteiger partial charge in [0.05, 0.1) is 13.0 Å². The quantitative estimate of drug-likeness (QED) is 0.407. The number of carbonyl (C=O) groups excluding carboxylic acids is 1. The Labute approximate surface area is 203 Å². The molecule has 0 radical (unpaired) electrons. The molecular weight excluding hydrogens is 440 g/mol. The Morgan fingerprint density at radius 3 is 2.40 bits per heavy atom. The molecule has 1 aromatic heterocycles. The molecule has 0 bridgehead atoms. The number of fused-ring (bicyclic) bond motifs is 1. The fourth-order valence-corrected chi connectivity index (χ4v) is 4.21. The van der Waals surface area contributed by atoms with Crippen LogP contribution < -0.4 is 21.9 Å². The van der Waals surface area contributed by atoms with Gasteiger partial charge in [-0.1, -0.05) is 86.6 Å². The Morgan fingerprint density at radius 1 is 0.971 bits per heavy atom. The summed E-state index contributed by atoms with van der Waals surface area (Å²) >= 11 is 0. The summed E-state index contributed by atoms with van der Waals surface area (Å²) < 4.78 is 1.31. The molecule has 7 heteroatoms. The second-order valence-corrected chi connectivity index (χ2v) is 9.11. The van der Waals surface area contributed by atoms with Crippen molar-refractivity contribution in [2.45, 2.75) is 33.2 Å². The van der Waals surface area contributed by atoms with E-state index in [-0.39, 0.29) is 30.4 Å². The van der Waals surface area contributed by atoms with Crippen LogP contribution in [0.4, 0.5) is 11.5 Å². The van der Waals surface area contributed by atoms with Gasteiger partial charge in [0.15, 0.2) is 5.69 Å². The molecule has 0 atom stereocenters. The number of nitrogens with zero attached hydrogens (tertiary/aromatic N) is 2. The molecule has 0 aliphatic carbocycles. The van der Waals surface area contributed by atoms with Gasteiger partial charge in [0.2, 0.25) is 5.91 Å². The zero-order chi connectivity index (χ0) is 24.9. The molecule has 0 saturated heterocycles. The lowest BCUT2D eigenvalue weighted by atomic mass is 10.0. The summed E-state index contributed by atoms with van der Waals surface area (Å²) in [5.41, 5.74) is 6.89. The van der Waals surface area contributed by atoms with Crippen LogP contribution in [0.5, 0.6) is 0 Å². The minimum atomic E-state index is -0.660. The van der Waals surface area contributed by atoms with Gasteiger partial charge in [-0.05, 0) is 34.2 Å². The summed E-state index contributed by atoms with van der Waals surface area (Å²) in [6.07, 6.45) is 0.786. The highest BCUT2D eigenvalue weighted by atomic mass is 16.2. The minimum Gasteiger partial charge on any atom is -0.383 e. The number of amides is 1. The number of nitrogens with two attached hydrogens (primary N) is 1. The van der Waals surface area contributed by atoms with E-state index in [1.807, 2.05) is 72.8 Å². The van der Waals surface area contributed by atoms with E-state index in [0.717, 1.165) is 21.9 Å². The fourth-order valence-electron chi connectivity index (χ4n) is 4.21. The van der Waals surface area contributed by atoms with Crippen LogP contribution >= 0.6 is 0 Å². The van der Waals surface area contributed by atoms with Crippen molar-refractivity contribution < 1.29 is 4.79 Å². The Morgan fingerprint density at radius 2 is 1.66 bits per heavy atom. The molecule has 4 aromatic rings. The van der Waals surface area contributed by atoms with E-state index >= 15 is 0 Å². The van der Waals surface area contributed by atoms with Gasteiger partial charge in [0.25, 0.3) is 5.56 Å². The van der Waals surface area contributed by atoms with Crippen molar-refractivity contribution in [1.29, 1.82) is 0 Å². The summed E-state index contributed by atoms with van der Waals surface area (Å²) in [7, 11) is 0. The van der Waals surface area contributed by atoms with Gasteiger partial charge in [-0.15, -0.1) is 0 Å². The molecule has 7 nitrogen and oxygen atoms in total. The predicted octanol–water partition coefficient (Wildman–Crippen LogP) is 3.94. The normalized spacial score (nSPS) is 11.2. The number of rotatable bonds is 8. The first-order valence-electron chi connectivity index (χ1n) is 11.8. The molecule has 3 N–H and O–H groups in total. The molecule has 4 rings (SSSR count). The molecule has 1 amide bonds. The Balaban J connectivity index is 1.75. The summed E-state index contributed by atoms with van der Waals surface area (Å²) in [6, 6.07) is 23.1. The van der Waals surface area contributed by atoms with Crippen molar-refractivity contribution in [3.63, 3.8) is 0 Å². The second-order valence-electron chi connectivity index (χ2n) is 9.11. The molecule has 35 heavy (non-hydrogen) atoms. The number of carbonyl (C=O) groups is 1. The highest BCUT2D eigenvalue weighted by Crippen LogP contribution is 2.23. The maximum absolute atomic E-state index is 13.7. The first-order valence-corrected chi connectivity index (χ1v) is 11.8. The van der Waals surface area contributed by atoms with Crippen LogP contribution in [0.1, 0.15) is 31.4 Å². The number of aromatic amines is 1. The van der Waals surface area contributed by atoms with Crippen LogP contribution in [-0.4, -0.2) is 22.0 Å². The topological polar surface area (TPSA) is 101 Å². The summed E-state index contributed by atoms with van der Waals surface area (Å²) in [5, 5.41) is 2.03. The second kappa shape index (κ2) is 10.4. The number of benzene rings is 3. The third-order valence-electron chi connectivity index (χ3n) is 6.12. The largest absolute Gasteiger partial charge is 0.383 e. The van der Waals surface area contributed by atoms with Gasteiger partial charge in [0.1, 0.15) is 5.82 Å². The fraction of sp³-hybridized carbons (Fsp3) is 0.250. The van der Waals surface area contributed by atoms with Gasteiger partial charge in [-0.25, -0.2) is 4.79 Å². The summed E-state index contributed by atoms with van der Waals surface area (Å²) in [4.78, 5) is 43.1. The zero-order valence-corrected chi connectivity index (χ0v) is 20.0. The standard InChI is InChI=1S/C28H30N4O3/c1-19(2)15-16-31(24(33)17-22-13-8-12-21-11-6-7-14-23(21)22)25-26(29)32(28(35)30-27(25)34)18-20-9-4-3-5-10-20/h3-14,19H,15-18,29H2,1-2H3,(H,30,34,35). The first-order chi connectivity index (χ1) is 16.8. The van der Waals surface area contributed by atoms with Crippen LogP contribution in [-0.2, 0) is 17.8 Å². The number of aromatic nitrogens is 2. The van der Waals surface area contributed by atoms with E-state index in [1.54, 1.807) is 0 Å². The van der Waals surface area contributed by atoms with Crippen LogP contribution in [0.3, 0.4) is 0 Å². The average Bonchev–Trinajstić information content (AvgIpc) is 2.84. The maximum atomic E-state index is 13.7. The number of nitrogen functional groups attached to an aromatic ring is 1. The lowest BCUT2D eigenvalue weighted by Crippen LogP contribution is -2.42. The predicted molar refractivity (Wildman–Crippen MR) is 141 cm³/mol. The van der Waals surface area contributed by atoms with Gasteiger partial charge in [-0.3, -0.25) is 19.1 Å². The van der Waals surface area contributed by atoms with E-state index in [4.69, 9.17) is 5.73 Å². The third kappa shape index (κ3) is 5.35. The van der Waals surface area contributed by atoms with Crippen molar-refractivity contribution in [1.82, 2.24) is 9.55 Å². The summed E-state index contributed by atoms with van der Waals surface area (Å²) in [6.45, 7) is 4.61. The Hall–Kier alpha value is -4.13. The molecule has 0 aliphatic heterocycles. The smallest absolute Gasteiger partial charge is 0.330 e. The summed E-state index contributed by atoms with van der Waals surface area (Å²) in [5.74, 6) is 0.0418. The van der Waals surface area contributed by atoms with Crippen molar-refractivity contribution in [3.05, 3.63) is 105 Å². The SMILES string of the molecule is CC(C)CCN(C(=O)Cc1cccc2ccccc12)c1c(N)n(Cc2ccccc2)c(=O)[nH]c1=O. The number of anilines is 2. The molecule has 0 aliphatic rings. The van der Waals surface area contributed by atoms with Crippen LogP contribution in [0.25, 0.3) is 10.8 Å². The van der Waals surface area contributed by atoms with Crippen molar-refractivity contribution in [3.8, 4) is 0 Å². The van der Waals surface area contributed by atoms with Crippen molar-refractivity contribution >= 4 is 28.2 Å². The molecule has 1 heterocycles. The third-order valence-corrected chi connectivity index (χ3v) is 6.12. The Kier molecular flexibility index (Phi) is 7.15.